The van der Waals surface area contributed by atoms with Gasteiger partial charge in [-0.1, -0.05) is 19.1 Å². The van der Waals surface area contributed by atoms with Crippen molar-refractivity contribution in [2.24, 2.45) is 5.92 Å². The SMILES string of the molecule is CCOC1=CC(=O)OC(C=Cc2ccc3c(c2)OCO3)C1C. The first-order chi connectivity index (χ1) is 10.7. The lowest BCUT2D eigenvalue weighted by molar-refractivity contribution is -0.145. The van der Waals surface area contributed by atoms with Crippen LogP contribution >= 0.6 is 0 Å². The number of rotatable bonds is 4. The molecule has 2 aliphatic rings. The molecule has 0 radical (unpaired) electrons. The molecule has 2 aliphatic heterocycles. The smallest absolute Gasteiger partial charge is 0.334 e. The molecule has 116 valence electrons. The minimum absolute atomic E-state index is 0.0112. The molecule has 3 rings (SSSR count). The lowest BCUT2D eigenvalue weighted by atomic mass is 9.98. The Morgan fingerprint density at radius 3 is 2.95 bits per heavy atom. The number of carbonyl (C=O) groups is 1. The molecular weight excluding hydrogens is 284 g/mol. The number of fused-ring (bicyclic) bond motifs is 1. The Bertz CT molecular complexity index is 632. The summed E-state index contributed by atoms with van der Waals surface area (Å²) in [6, 6.07) is 5.69. The van der Waals surface area contributed by atoms with E-state index in [2.05, 4.69) is 0 Å². The van der Waals surface area contributed by atoms with Gasteiger partial charge in [-0.15, -0.1) is 0 Å². The van der Waals surface area contributed by atoms with E-state index in [1.165, 1.54) is 6.08 Å². The van der Waals surface area contributed by atoms with E-state index in [9.17, 15) is 4.79 Å². The second-order valence-corrected chi connectivity index (χ2v) is 5.14. The highest BCUT2D eigenvalue weighted by molar-refractivity contribution is 5.84. The summed E-state index contributed by atoms with van der Waals surface area (Å²) >= 11 is 0. The van der Waals surface area contributed by atoms with Gasteiger partial charge in [-0.25, -0.2) is 4.79 Å². The Morgan fingerprint density at radius 1 is 1.32 bits per heavy atom. The zero-order chi connectivity index (χ0) is 15.5. The number of cyclic esters (lactones) is 1. The maximum Gasteiger partial charge on any atom is 0.334 e. The second-order valence-electron chi connectivity index (χ2n) is 5.14. The molecule has 0 N–H and O–H groups in total. The molecule has 1 aromatic carbocycles. The standard InChI is InChI=1S/C17H18O5/c1-3-19-15-9-17(18)22-13(11(15)2)6-4-12-5-7-14-16(8-12)21-10-20-14/h4-9,11,13H,3,10H2,1-2H3. The summed E-state index contributed by atoms with van der Waals surface area (Å²) in [7, 11) is 0. The summed E-state index contributed by atoms with van der Waals surface area (Å²) in [5.74, 6) is 1.76. The molecule has 1 aromatic rings. The van der Waals surface area contributed by atoms with Gasteiger partial charge >= 0.3 is 5.97 Å². The van der Waals surface area contributed by atoms with E-state index in [0.717, 1.165) is 17.1 Å². The molecule has 0 fully saturated rings. The molecule has 2 heterocycles. The predicted octanol–water partition coefficient (Wildman–Crippen LogP) is 2.91. The van der Waals surface area contributed by atoms with Crippen LogP contribution in [0.4, 0.5) is 0 Å². The van der Waals surface area contributed by atoms with Crippen LogP contribution in [0.2, 0.25) is 0 Å². The van der Waals surface area contributed by atoms with E-state index in [-0.39, 0.29) is 24.8 Å². The molecule has 0 saturated carbocycles. The summed E-state index contributed by atoms with van der Waals surface area (Å²) in [5.41, 5.74) is 0.958. The fraction of sp³-hybridized carbons (Fsp3) is 0.353. The van der Waals surface area contributed by atoms with Crippen LogP contribution in [0.25, 0.3) is 6.08 Å². The third-order valence-corrected chi connectivity index (χ3v) is 3.64. The molecule has 0 saturated heterocycles. The topological polar surface area (TPSA) is 54.0 Å². The molecule has 0 bridgehead atoms. The van der Waals surface area contributed by atoms with Crippen LogP contribution in [-0.4, -0.2) is 25.5 Å². The van der Waals surface area contributed by atoms with E-state index in [1.54, 1.807) is 0 Å². The van der Waals surface area contributed by atoms with Crippen LogP contribution in [0.15, 0.2) is 36.1 Å². The van der Waals surface area contributed by atoms with E-state index in [1.807, 2.05) is 44.2 Å². The van der Waals surface area contributed by atoms with Crippen molar-refractivity contribution in [2.45, 2.75) is 20.0 Å². The molecule has 2 atom stereocenters. The Labute approximate surface area is 129 Å². The van der Waals surface area contributed by atoms with E-state index >= 15 is 0 Å². The molecule has 0 aromatic heterocycles. The van der Waals surface area contributed by atoms with Gasteiger partial charge in [0.05, 0.1) is 18.6 Å². The minimum atomic E-state index is -0.373. The third kappa shape index (κ3) is 2.93. The Hall–Kier alpha value is -2.43. The Morgan fingerprint density at radius 2 is 2.14 bits per heavy atom. The van der Waals surface area contributed by atoms with Gasteiger partial charge in [-0.05, 0) is 30.7 Å². The molecular formula is C17H18O5. The van der Waals surface area contributed by atoms with E-state index in [4.69, 9.17) is 18.9 Å². The van der Waals surface area contributed by atoms with Gasteiger partial charge in [-0.3, -0.25) is 0 Å². The summed E-state index contributed by atoms with van der Waals surface area (Å²) in [6.45, 7) is 4.65. The highest BCUT2D eigenvalue weighted by atomic mass is 16.7. The number of ether oxygens (including phenoxy) is 4. The summed E-state index contributed by atoms with van der Waals surface area (Å²) < 4.78 is 21.5. The van der Waals surface area contributed by atoms with Gasteiger partial charge in [-0.2, -0.15) is 0 Å². The van der Waals surface area contributed by atoms with Crippen LogP contribution in [-0.2, 0) is 14.3 Å². The lowest BCUT2D eigenvalue weighted by Gasteiger charge is -2.27. The number of esters is 1. The zero-order valence-electron chi connectivity index (χ0n) is 12.6. The van der Waals surface area contributed by atoms with Gasteiger partial charge in [0.15, 0.2) is 11.5 Å². The average molecular weight is 302 g/mol. The van der Waals surface area contributed by atoms with Crippen LogP contribution in [0.1, 0.15) is 19.4 Å². The van der Waals surface area contributed by atoms with Crippen molar-refractivity contribution in [1.82, 2.24) is 0 Å². The highest BCUT2D eigenvalue weighted by Crippen LogP contribution is 2.33. The fourth-order valence-corrected chi connectivity index (χ4v) is 2.45. The van der Waals surface area contributed by atoms with E-state index < -0.39 is 0 Å². The molecule has 0 amide bonds. The summed E-state index contributed by atoms with van der Waals surface area (Å²) in [4.78, 5) is 11.6. The van der Waals surface area contributed by atoms with Gasteiger partial charge in [0, 0.05) is 0 Å². The molecule has 0 aliphatic carbocycles. The first kappa shape index (κ1) is 14.5. The molecule has 5 nitrogen and oxygen atoms in total. The van der Waals surface area contributed by atoms with E-state index in [0.29, 0.717) is 12.4 Å². The maximum absolute atomic E-state index is 11.6. The van der Waals surface area contributed by atoms with Gasteiger partial charge < -0.3 is 18.9 Å². The maximum atomic E-state index is 11.6. The number of hydrogen-bond donors (Lipinski definition) is 0. The van der Waals surface area contributed by atoms with Crippen molar-refractivity contribution >= 4 is 12.0 Å². The first-order valence-electron chi connectivity index (χ1n) is 7.30. The Kier molecular flexibility index (Phi) is 4.04. The summed E-state index contributed by atoms with van der Waals surface area (Å²) in [5, 5.41) is 0. The van der Waals surface area contributed by atoms with Crippen LogP contribution in [0, 0.1) is 5.92 Å². The molecule has 0 spiro atoms. The normalized spacial score (nSPS) is 23.4. The quantitative estimate of drug-likeness (QED) is 0.800. The van der Waals surface area contributed by atoms with Crippen LogP contribution in [0.5, 0.6) is 11.5 Å². The van der Waals surface area contributed by atoms with Crippen molar-refractivity contribution in [1.29, 1.82) is 0 Å². The number of carbonyl (C=O) groups excluding carboxylic acids is 1. The monoisotopic (exact) mass is 302 g/mol. The zero-order valence-corrected chi connectivity index (χ0v) is 12.6. The second kappa shape index (κ2) is 6.13. The molecule has 22 heavy (non-hydrogen) atoms. The lowest BCUT2D eigenvalue weighted by Crippen LogP contribution is -2.30. The van der Waals surface area contributed by atoms with Crippen molar-refractivity contribution in [2.75, 3.05) is 13.4 Å². The third-order valence-electron chi connectivity index (χ3n) is 3.64. The van der Waals surface area contributed by atoms with Crippen LogP contribution < -0.4 is 9.47 Å². The van der Waals surface area contributed by atoms with Gasteiger partial charge in [0.2, 0.25) is 6.79 Å². The number of benzene rings is 1. The summed E-state index contributed by atoms with van der Waals surface area (Å²) in [6.07, 6.45) is 4.85. The fourth-order valence-electron chi connectivity index (χ4n) is 2.45. The van der Waals surface area contributed by atoms with Crippen molar-refractivity contribution in [3.63, 3.8) is 0 Å². The average Bonchev–Trinajstić information content (AvgIpc) is 2.97. The highest BCUT2D eigenvalue weighted by Gasteiger charge is 2.28. The molecule has 5 heteroatoms. The minimum Gasteiger partial charge on any atom is -0.498 e. The van der Waals surface area contributed by atoms with Crippen molar-refractivity contribution in [3.05, 3.63) is 41.7 Å². The van der Waals surface area contributed by atoms with Gasteiger partial charge in [0.25, 0.3) is 0 Å². The van der Waals surface area contributed by atoms with Crippen molar-refractivity contribution < 1.29 is 23.7 Å². The number of hydrogen-bond acceptors (Lipinski definition) is 5. The van der Waals surface area contributed by atoms with Crippen LogP contribution in [0.3, 0.4) is 0 Å². The van der Waals surface area contributed by atoms with Gasteiger partial charge in [0.1, 0.15) is 11.9 Å². The largest absolute Gasteiger partial charge is 0.498 e. The Balaban J connectivity index is 1.74. The predicted molar refractivity (Wildman–Crippen MR) is 80.4 cm³/mol. The first-order valence-corrected chi connectivity index (χ1v) is 7.30. The molecule has 2 unspecified atom stereocenters. The van der Waals surface area contributed by atoms with Crippen molar-refractivity contribution in [3.8, 4) is 11.5 Å².